The minimum atomic E-state index is -1.05. The normalized spacial score (nSPS) is 36.8. The molecule has 3 aliphatic carbocycles. The van der Waals surface area contributed by atoms with Crippen molar-refractivity contribution in [3.8, 4) is 11.5 Å². The highest BCUT2D eigenvalue weighted by Crippen LogP contribution is 2.65. The number of carbonyl (C=O) groups excluding carboxylic acids is 2. The Kier molecular flexibility index (Phi) is 4.63. The molecule has 0 unspecified atom stereocenters. The maximum Gasteiger partial charge on any atom is 0.253 e. The van der Waals surface area contributed by atoms with E-state index in [1.807, 2.05) is 29.0 Å². The van der Waals surface area contributed by atoms with Crippen LogP contribution < -0.4 is 4.74 Å². The smallest absolute Gasteiger partial charge is 0.253 e. The fourth-order valence-corrected chi connectivity index (χ4v) is 9.09. The van der Waals surface area contributed by atoms with Crippen molar-refractivity contribution in [2.45, 2.75) is 74.5 Å². The summed E-state index contributed by atoms with van der Waals surface area (Å²) in [7, 11) is 1.87. The molecule has 1 aromatic rings. The molecule has 8 rings (SSSR count). The van der Waals surface area contributed by atoms with E-state index in [0.717, 1.165) is 49.5 Å². The predicted molar refractivity (Wildman–Crippen MR) is 139 cm³/mol. The molecule has 0 aromatic heterocycles. The number of phenolic OH excluding ortho intramolecular Hbond substituents is 1. The van der Waals surface area contributed by atoms with Crippen LogP contribution in [0, 0.1) is 11.3 Å². The number of rotatable bonds is 3. The highest BCUT2D eigenvalue weighted by Gasteiger charge is 2.72. The van der Waals surface area contributed by atoms with Gasteiger partial charge in [-0.3, -0.25) is 14.5 Å². The summed E-state index contributed by atoms with van der Waals surface area (Å²) >= 11 is 0. The number of nitrogens with zero attached hydrogens (tertiary/aromatic N) is 3. The highest BCUT2D eigenvalue weighted by molar-refractivity contribution is 5.96. The summed E-state index contributed by atoms with van der Waals surface area (Å²) in [6, 6.07) is 3.67. The summed E-state index contributed by atoms with van der Waals surface area (Å²) in [6.45, 7) is 3.79. The molecule has 1 saturated carbocycles. The third-order valence-electron chi connectivity index (χ3n) is 11.4. The van der Waals surface area contributed by atoms with Crippen LogP contribution in [-0.4, -0.2) is 94.2 Å². The van der Waals surface area contributed by atoms with Gasteiger partial charge in [-0.05, 0) is 75.5 Å². The number of aromatic hydroxyl groups is 1. The second-order valence-electron chi connectivity index (χ2n) is 13.2. The number of phenols is 1. The van der Waals surface area contributed by atoms with E-state index in [-0.39, 0.29) is 29.0 Å². The standard InChI is InChI=1S/C30H37N3O5/c1-31-12-8-28(27(31)36)9-13-32(14-10-28)26(35)20-6-7-30(37)22-16-19-4-5-21(34)24-23(19)29(30,25(20)38-24)11-15-33(22)17-18-2-3-18/h4-6,18,22,25,34,37H,2-3,7-17H2,1H3/t22-,25+,29+,30-/m1/s1. The second kappa shape index (κ2) is 7.54. The quantitative estimate of drug-likeness (QED) is 0.634. The van der Waals surface area contributed by atoms with Crippen molar-refractivity contribution in [3.63, 3.8) is 0 Å². The minimum Gasteiger partial charge on any atom is -0.504 e. The maximum atomic E-state index is 14.1. The lowest BCUT2D eigenvalue weighted by atomic mass is 9.49. The van der Waals surface area contributed by atoms with Crippen molar-refractivity contribution in [2.75, 3.05) is 39.8 Å². The molecule has 3 saturated heterocycles. The number of likely N-dealkylation sites (tertiary alicyclic amines) is 3. The van der Waals surface area contributed by atoms with Crippen LogP contribution >= 0.6 is 0 Å². The Labute approximate surface area is 223 Å². The Hall–Kier alpha value is -2.58. The molecule has 4 aliphatic heterocycles. The Morgan fingerprint density at radius 2 is 1.87 bits per heavy atom. The Morgan fingerprint density at radius 1 is 1.11 bits per heavy atom. The van der Waals surface area contributed by atoms with E-state index >= 15 is 0 Å². The first-order valence-corrected chi connectivity index (χ1v) is 14.5. The van der Waals surface area contributed by atoms with E-state index in [1.54, 1.807) is 6.07 Å². The van der Waals surface area contributed by atoms with Crippen LogP contribution in [0.25, 0.3) is 0 Å². The maximum absolute atomic E-state index is 14.1. The van der Waals surface area contributed by atoms with Crippen LogP contribution in [0.1, 0.15) is 56.1 Å². The molecule has 0 radical (unpaired) electrons. The van der Waals surface area contributed by atoms with E-state index in [4.69, 9.17) is 4.74 Å². The van der Waals surface area contributed by atoms with Gasteiger partial charge in [0, 0.05) is 44.8 Å². The second-order valence-corrected chi connectivity index (χ2v) is 13.2. The summed E-state index contributed by atoms with van der Waals surface area (Å²) in [5.41, 5.74) is 0.569. The number of ether oxygens (including phenoxy) is 1. The molecule has 4 atom stereocenters. The number of aliphatic hydroxyl groups is 1. The zero-order valence-electron chi connectivity index (χ0n) is 22.1. The molecule has 2 spiro atoms. The molecule has 202 valence electrons. The molecule has 7 aliphatic rings. The fourth-order valence-electron chi connectivity index (χ4n) is 9.09. The minimum absolute atomic E-state index is 0.0286. The first kappa shape index (κ1) is 23.3. The van der Waals surface area contributed by atoms with Crippen LogP contribution in [0.4, 0.5) is 0 Å². The van der Waals surface area contributed by atoms with Crippen molar-refractivity contribution in [1.29, 1.82) is 0 Å². The molecule has 4 fully saturated rings. The monoisotopic (exact) mass is 519 g/mol. The topological polar surface area (TPSA) is 93.6 Å². The number of carbonyl (C=O) groups is 2. The molecule has 1 aromatic carbocycles. The largest absolute Gasteiger partial charge is 0.504 e. The molecule has 2 amide bonds. The van der Waals surface area contributed by atoms with Gasteiger partial charge in [0.15, 0.2) is 11.5 Å². The number of hydrogen-bond acceptors (Lipinski definition) is 6. The average molecular weight is 520 g/mol. The fraction of sp³-hybridized carbons (Fsp3) is 0.667. The van der Waals surface area contributed by atoms with Gasteiger partial charge < -0.3 is 24.7 Å². The number of benzene rings is 1. The zero-order chi connectivity index (χ0) is 26.0. The molecule has 38 heavy (non-hydrogen) atoms. The number of hydrogen-bond donors (Lipinski definition) is 2. The zero-order valence-corrected chi connectivity index (χ0v) is 22.1. The van der Waals surface area contributed by atoms with E-state index < -0.39 is 17.1 Å². The molecular formula is C30H37N3O5. The van der Waals surface area contributed by atoms with Crippen LogP contribution in [-0.2, 0) is 21.4 Å². The van der Waals surface area contributed by atoms with Crippen molar-refractivity contribution < 1.29 is 24.5 Å². The van der Waals surface area contributed by atoms with Gasteiger partial charge in [-0.25, -0.2) is 0 Å². The SMILES string of the molecule is CN1CCC2(CCN(C(=O)C3=CC[C@@]4(O)[C@H]5Cc6ccc(O)c7c6[C@@]4(CCN5CC4CC4)[C@H]3O7)CC2)C1=O. The highest BCUT2D eigenvalue weighted by atomic mass is 16.5. The Balaban J connectivity index is 1.15. The van der Waals surface area contributed by atoms with Crippen molar-refractivity contribution in [3.05, 3.63) is 34.9 Å². The third-order valence-corrected chi connectivity index (χ3v) is 11.4. The summed E-state index contributed by atoms with van der Waals surface area (Å²) in [5, 5.41) is 23.4. The molecule has 8 heteroatoms. The Bertz CT molecular complexity index is 1280. The first-order valence-electron chi connectivity index (χ1n) is 14.5. The van der Waals surface area contributed by atoms with Crippen LogP contribution in [0.15, 0.2) is 23.8 Å². The van der Waals surface area contributed by atoms with E-state index in [9.17, 15) is 19.8 Å². The van der Waals surface area contributed by atoms with E-state index in [0.29, 0.717) is 50.1 Å². The lowest BCUT2D eigenvalue weighted by Gasteiger charge is -2.62. The van der Waals surface area contributed by atoms with Gasteiger partial charge in [0.2, 0.25) is 5.91 Å². The van der Waals surface area contributed by atoms with Crippen molar-refractivity contribution >= 4 is 11.8 Å². The van der Waals surface area contributed by atoms with Crippen molar-refractivity contribution in [1.82, 2.24) is 14.7 Å². The summed E-state index contributed by atoms with van der Waals surface area (Å²) in [4.78, 5) is 33.1. The summed E-state index contributed by atoms with van der Waals surface area (Å²) < 4.78 is 6.55. The molecule has 2 bridgehead atoms. The van der Waals surface area contributed by atoms with E-state index in [2.05, 4.69) is 4.90 Å². The summed E-state index contributed by atoms with van der Waals surface area (Å²) in [5.74, 6) is 1.44. The first-order chi connectivity index (χ1) is 18.3. The lowest BCUT2D eigenvalue weighted by Crippen LogP contribution is -2.75. The van der Waals surface area contributed by atoms with Crippen LogP contribution in [0.5, 0.6) is 11.5 Å². The number of piperidine rings is 2. The predicted octanol–water partition coefficient (Wildman–Crippen LogP) is 1.96. The van der Waals surface area contributed by atoms with Crippen molar-refractivity contribution in [2.24, 2.45) is 11.3 Å². The van der Waals surface area contributed by atoms with Gasteiger partial charge in [0.05, 0.1) is 22.0 Å². The van der Waals surface area contributed by atoms with Gasteiger partial charge in [0.25, 0.3) is 5.91 Å². The van der Waals surface area contributed by atoms with Crippen LogP contribution in [0.2, 0.25) is 0 Å². The van der Waals surface area contributed by atoms with Gasteiger partial charge in [0.1, 0.15) is 6.10 Å². The van der Waals surface area contributed by atoms with Gasteiger partial charge in [-0.2, -0.15) is 0 Å². The van der Waals surface area contributed by atoms with Gasteiger partial charge >= 0.3 is 0 Å². The molecule has 8 nitrogen and oxygen atoms in total. The third kappa shape index (κ3) is 2.78. The van der Waals surface area contributed by atoms with Gasteiger partial charge in [-0.15, -0.1) is 0 Å². The molecule has 4 heterocycles. The molecular weight excluding hydrogens is 482 g/mol. The van der Waals surface area contributed by atoms with Gasteiger partial charge in [-0.1, -0.05) is 12.1 Å². The average Bonchev–Trinajstić information content (AvgIpc) is 3.60. The number of amides is 2. The molecule has 2 N–H and O–H groups in total. The Morgan fingerprint density at radius 3 is 2.58 bits per heavy atom. The van der Waals surface area contributed by atoms with Crippen LogP contribution in [0.3, 0.4) is 0 Å². The summed E-state index contributed by atoms with van der Waals surface area (Å²) in [6.07, 6.45) is 7.96. The van der Waals surface area contributed by atoms with E-state index in [1.165, 1.54) is 12.8 Å². The lowest BCUT2D eigenvalue weighted by molar-refractivity contribution is -0.166.